The number of non-ortho nitro benzene ring substituents is 1. The van der Waals surface area contributed by atoms with Gasteiger partial charge in [-0.2, -0.15) is 4.31 Å². The van der Waals surface area contributed by atoms with Crippen molar-refractivity contribution in [3.63, 3.8) is 0 Å². The zero-order valence-corrected chi connectivity index (χ0v) is 19.2. The summed E-state index contributed by atoms with van der Waals surface area (Å²) in [6.45, 7) is 3.36. The Balaban J connectivity index is 1.53. The monoisotopic (exact) mass is 479 g/mol. The molecule has 12 nitrogen and oxygen atoms in total. The number of anilines is 1. The van der Waals surface area contributed by atoms with E-state index in [2.05, 4.69) is 10.3 Å². The van der Waals surface area contributed by atoms with E-state index >= 15 is 0 Å². The van der Waals surface area contributed by atoms with Crippen LogP contribution in [-0.4, -0.2) is 58.3 Å². The van der Waals surface area contributed by atoms with Gasteiger partial charge in [-0.3, -0.25) is 19.7 Å². The molecule has 1 aromatic carbocycles. The van der Waals surface area contributed by atoms with Crippen LogP contribution in [-0.2, 0) is 31.4 Å². The molecule has 1 amide bonds. The lowest BCUT2D eigenvalue weighted by Crippen LogP contribution is -2.41. The average molecular weight is 480 g/mol. The molecule has 0 radical (unpaired) electrons. The predicted molar refractivity (Wildman–Crippen MR) is 117 cm³/mol. The SMILES string of the molecule is Cc1nc(S(=O)(=O)N2CCC(C(=O)OC(C)C(=O)Nc3cccc([N+](=O)[O-])c3)CC2)cn1C. The minimum absolute atomic E-state index is 0.0324. The number of sulfonamides is 1. The summed E-state index contributed by atoms with van der Waals surface area (Å²) < 4.78 is 33.7. The third-order valence-corrected chi connectivity index (χ3v) is 7.23. The molecule has 33 heavy (non-hydrogen) atoms. The Labute approximate surface area is 190 Å². The smallest absolute Gasteiger partial charge is 0.309 e. The van der Waals surface area contributed by atoms with E-state index in [1.54, 1.807) is 18.5 Å². The van der Waals surface area contributed by atoms with Gasteiger partial charge in [0.15, 0.2) is 11.1 Å². The van der Waals surface area contributed by atoms with Gasteiger partial charge in [-0.25, -0.2) is 13.4 Å². The first-order valence-corrected chi connectivity index (χ1v) is 11.7. The molecule has 0 saturated carbocycles. The molecule has 0 aliphatic carbocycles. The maximum Gasteiger partial charge on any atom is 0.309 e. The molecule has 0 bridgehead atoms. The van der Waals surface area contributed by atoms with Crippen LogP contribution in [0.3, 0.4) is 0 Å². The number of piperidine rings is 1. The zero-order chi connectivity index (χ0) is 24.3. The highest BCUT2D eigenvalue weighted by atomic mass is 32.2. The van der Waals surface area contributed by atoms with Crippen LogP contribution in [0, 0.1) is 23.0 Å². The minimum Gasteiger partial charge on any atom is -0.452 e. The fraction of sp³-hybridized carbons (Fsp3) is 0.450. The number of nitrogens with zero attached hydrogens (tertiary/aromatic N) is 4. The number of nitro benzene ring substituents is 1. The molecule has 1 aromatic heterocycles. The van der Waals surface area contributed by atoms with Gasteiger partial charge >= 0.3 is 5.97 Å². The van der Waals surface area contributed by atoms with Gasteiger partial charge in [0.25, 0.3) is 21.6 Å². The molecule has 1 N–H and O–H groups in total. The van der Waals surface area contributed by atoms with Gasteiger partial charge in [0, 0.05) is 44.2 Å². The molecule has 1 aliphatic heterocycles. The van der Waals surface area contributed by atoms with Crippen molar-refractivity contribution < 1.29 is 27.7 Å². The summed E-state index contributed by atoms with van der Waals surface area (Å²) in [5.41, 5.74) is 0.0281. The Morgan fingerprint density at radius 1 is 1.30 bits per heavy atom. The number of nitrogens with one attached hydrogen (secondary N) is 1. The van der Waals surface area contributed by atoms with Crippen LogP contribution >= 0.6 is 0 Å². The number of aryl methyl sites for hydroxylation is 2. The Bertz CT molecular complexity index is 1150. The van der Waals surface area contributed by atoms with Crippen molar-refractivity contribution in [1.82, 2.24) is 13.9 Å². The highest BCUT2D eigenvalue weighted by molar-refractivity contribution is 7.89. The van der Waals surface area contributed by atoms with E-state index in [9.17, 15) is 28.1 Å². The maximum atomic E-state index is 12.8. The maximum absolute atomic E-state index is 12.8. The van der Waals surface area contributed by atoms with E-state index < -0.39 is 38.8 Å². The molecule has 1 saturated heterocycles. The number of carbonyl (C=O) groups excluding carboxylic acids is 2. The lowest BCUT2D eigenvalue weighted by atomic mass is 9.98. The van der Waals surface area contributed by atoms with Crippen molar-refractivity contribution in [2.45, 2.75) is 37.8 Å². The highest BCUT2D eigenvalue weighted by Crippen LogP contribution is 2.25. The van der Waals surface area contributed by atoms with Gasteiger partial charge in [-0.1, -0.05) is 6.07 Å². The Morgan fingerprint density at radius 2 is 1.97 bits per heavy atom. The van der Waals surface area contributed by atoms with Gasteiger partial charge < -0.3 is 14.6 Å². The van der Waals surface area contributed by atoms with Gasteiger partial charge in [0.1, 0.15) is 5.82 Å². The number of benzene rings is 1. The molecule has 13 heteroatoms. The van der Waals surface area contributed by atoms with Crippen LogP contribution in [0.25, 0.3) is 0 Å². The summed E-state index contributed by atoms with van der Waals surface area (Å²) in [4.78, 5) is 39.2. The zero-order valence-electron chi connectivity index (χ0n) is 18.4. The second kappa shape index (κ2) is 9.67. The Kier molecular flexibility index (Phi) is 7.12. The third kappa shape index (κ3) is 5.54. The largest absolute Gasteiger partial charge is 0.452 e. The quantitative estimate of drug-likeness (QED) is 0.357. The van der Waals surface area contributed by atoms with Crippen LogP contribution in [0.15, 0.2) is 35.5 Å². The average Bonchev–Trinajstić information content (AvgIpc) is 3.13. The van der Waals surface area contributed by atoms with E-state index in [1.165, 1.54) is 41.7 Å². The van der Waals surface area contributed by atoms with E-state index in [4.69, 9.17) is 4.74 Å². The Morgan fingerprint density at radius 3 is 2.55 bits per heavy atom. The van der Waals surface area contributed by atoms with Gasteiger partial charge in [-0.15, -0.1) is 0 Å². The van der Waals surface area contributed by atoms with E-state index in [1.807, 2.05) is 0 Å². The summed E-state index contributed by atoms with van der Waals surface area (Å²) >= 11 is 0. The van der Waals surface area contributed by atoms with Crippen molar-refractivity contribution in [2.75, 3.05) is 18.4 Å². The van der Waals surface area contributed by atoms with Crippen molar-refractivity contribution in [3.05, 3.63) is 46.4 Å². The molecule has 0 spiro atoms. The lowest BCUT2D eigenvalue weighted by molar-refractivity contribution is -0.384. The second-order valence-corrected chi connectivity index (χ2v) is 9.68. The standard InChI is InChI=1S/C20H25N5O7S/c1-13(19(26)22-16-5-4-6-17(11-16)25(28)29)32-20(27)15-7-9-24(10-8-15)33(30,31)18-12-23(3)14(2)21-18/h4-6,11-13,15H,7-10H2,1-3H3,(H,22,26). The molecular weight excluding hydrogens is 454 g/mol. The highest BCUT2D eigenvalue weighted by Gasteiger charge is 2.35. The number of imidazole rings is 1. The second-order valence-electron chi connectivity index (χ2n) is 7.79. The van der Waals surface area contributed by atoms with Crippen LogP contribution < -0.4 is 5.32 Å². The number of amides is 1. The summed E-state index contributed by atoms with van der Waals surface area (Å²) in [5.74, 6) is -1.20. The van der Waals surface area contributed by atoms with Gasteiger partial charge in [-0.05, 0) is 32.8 Å². The van der Waals surface area contributed by atoms with Crippen molar-refractivity contribution in [1.29, 1.82) is 0 Å². The van der Waals surface area contributed by atoms with Crippen molar-refractivity contribution >= 4 is 33.3 Å². The van der Waals surface area contributed by atoms with E-state index in [-0.39, 0.29) is 42.3 Å². The molecule has 1 fully saturated rings. The van der Waals surface area contributed by atoms with Crippen LogP contribution in [0.4, 0.5) is 11.4 Å². The number of hydrogen-bond acceptors (Lipinski definition) is 8. The van der Waals surface area contributed by atoms with Crippen molar-refractivity contribution in [2.24, 2.45) is 13.0 Å². The molecule has 178 valence electrons. The number of esters is 1. The first-order valence-electron chi connectivity index (χ1n) is 10.2. The summed E-state index contributed by atoms with van der Waals surface area (Å²) in [5, 5.41) is 13.3. The normalized spacial score (nSPS) is 16.2. The van der Waals surface area contributed by atoms with Gasteiger partial charge in [0.2, 0.25) is 0 Å². The predicted octanol–water partition coefficient (Wildman–Crippen LogP) is 1.61. The fourth-order valence-corrected chi connectivity index (χ4v) is 4.87. The van der Waals surface area contributed by atoms with Crippen molar-refractivity contribution in [3.8, 4) is 0 Å². The number of rotatable bonds is 7. The number of nitro groups is 1. The molecule has 2 heterocycles. The molecular formula is C20H25N5O7S. The lowest BCUT2D eigenvalue weighted by Gasteiger charge is -2.30. The van der Waals surface area contributed by atoms with E-state index in [0.717, 1.165) is 0 Å². The number of ether oxygens (including phenoxy) is 1. The number of carbonyl (C=O) groups is 2. The van der Waals surface area contributed by atoms with E-state index in [0.29, 0.717) is 5.82 Å². The molecule has 1 aliphatic rings. The first-order chi connectivity index (χ1) is 15.5. The van der Waals surface area contributed by atoms with Crippen LogP contribution in [0.2, 0.25) is 0 Å². The summed E-state index contributed by atoms with van der Waals surface area (Å²) in [6.07, 6.45) is 0.828. The molecule has 1 unspecified atom stereocenters. The Hall–Kier alpha value is -3.32. The molecule has 2 aromatic rings. The number of hydrogen-bond donors (Lipinski definition) is 1. The van der Waals surface area contributed by atoms with Crippen LogP contribution in [0.1, 0.15) is 25.6 Å². The third-order valence-electron chi connectivity index (χ3n) is 5.46. The molecule has 3 rings (SSSR count). The summed E-state index contributed by atoms with van der Waals surface area (Å²) in [6, 6.07) is 5.41. The number of aromatic nitrogens is 2. The van der Waals surface area contributed by atoms with Crippen LogP contribution in [0.5, 0.6) is 0 Å². The minimum atomic E-state index is -3.76. The molecule has 1 atom stereocenters. The summed E-state index contributed by atoms with van der Waals surface area (Å²) in [7, 11) is -2.05. The topological polar surface area (TPSA) is 154 Å². The first kappa shape index (κ1) is 24.3. The van der Waals surface area contributed by atoms with Gasteiger partial charge in [0.05, 0.1) is 10.8 Å². The fourth-order valence-electron chi connectivity index (χ4n) is 3.38.